The van der Waals surface area contributed by atoms with Crippen LogP contribution in [0.3, 0.4) is 0 Å². The van der Waals surface area contributed by atoms with Crippen molar-refractivity contribution >= 4 is 44.1 Å². The van der Waals surface area contributed by atoms with E-state index >= 15 is 8.78 Å². The molecule has 3 aromatic rings. The van der Waals surface area contributed by atoms with Crippen LogP contribution in [-0.2, 0) is 25.9 Å². The maximum Gasteiger partial charge on any atom is 0.410 e. The number of halogens is 5. The van der Waals surface area contributed by atoms with Crippen LogP contribution in [-0.4, -0.2) is 80.6 Å². The Kier molecular flexibility index (Phi) is 10.2. The van der Waals surface area contributed by atoms with E-state index in [0.717, 1.165) is 15.7 Å². The number of carbonyl (C=O) groups is 2. The van der Waals surface area contributed by atoms with Gasteiger partial charge in [0.05, 0.1) is 42.0 Å². The highest BCUT2D eigenvalue weighted by Gasteiger charge is 2.50. The third-order valence-corrected chi connectivity index (χ3v) is 8.37. The van der Waals surface area contributed by atoms with Crippen molar-refractivity contribution in [2.24, 2.45) is 5.92 Å². The first-order valence-corrected chi connectivity index (χ1v) is 16.5. The van der Waals surface area contributed by atoms with Gasteiger partial charge in [0.15, 0.2) is 9.84 Å². The number of hydrogen-bond donors (Lipinski definition) is 2. The van der Waals surface area contributed by atoms with E-state index in [-0.39, 0.29) is 52.3 Å². The molecule has 0 bridgehead atoms. The monoisotopic (exact) mass is 698 g/mol. The Bertz CT molecular complexity index is 1870. The van der Waals surface area contributed by atoms with Crippen molar-refractivity contribution in [2.45, 2.75) is 56.3 Å². The average molecular weight is 699 g/mol. The highest BCUT2D eigenvalue weighted by Crippen LogP contribution is 2.36. The molecule has 1 atom stereocenters. The Morgan fingerprint density at radius 3 is 2.40 bits per heavy atom. The number of amides is 2. The van der Waals surface area contributed by atoms with E-state index in [2.05, 4.69) is 22.5 Å². The minimum atomic E-state index is -4.57. The first-order chi connectivity index (χ1) is 22.2. The summed E-state index contributed by atoms with van der Waals surface area (Å²) in [6.07, 6.45) is -3.65. The van der Waals surface area contributed by atoms with Crippen molar-refractivity contribution in [3.63, 3.8) is 0 Å². The van der Waals surface area contributed by atoms with Crippen LogP contribution < -0.4 is 15.4 Å². The van der Waals surface area contributed by atoms with Crippen molar-refractivity contribution < 1.29 is 49.4 Å². The molecule has 1 aliphatic heterocycles. The number of carbonyl (C=O) groups excluding carboxylic acids is 2. The number of nitrogens with one attached hydrogen (secondary N) is 2. The zero-order chi connectivity index (χ0) is 35.7. The van der Waals surface area contributed by atoms with Crippen LogP contribution in [0.25, 0.3) is 10.9 Å². The molecule has 48 heavy (non-hydrogen) atoms. The normalized spacial score (nSPS) is 16.5. The Balaban J connectivity index is 1.58. The van der Waals surface area contributed by atoms with Gasteiger partial charge in [-0.15, -0.1) is 0 Å². The highest BCUT2D eigenvalue weighted by atomic mass is 32.2. The molecule has 1 unspecified atom stereocenters. The summed E-state index contributed by atoms with van der Waals surface area (Å²) in [7, 11) is -2.12. The second-order valence-electron chi connectivity index (χ2n) is 12.3. The molecule has 0 spiro atoms. The Labute approximate surface area is 274 Å². The zero-order valence-electron chi connectivity index (χ0n) is 26.8. The minimum Gasteiger partial charge on any atom is -0.495 e. The molecule has 1 saturated heterocycles. The number of alkyl halides is 5. The molecule has 2 heterocycles. The smallest absolute Gasteiger partial charge is 0.410 e. The standard InChI is InChI=1S/C32H35F5N4O6S/c1-30(2,3)47-29(43)41-14-11-23(31(33,34)18-41)28(42)39-25-15-20(16-26-22(25)10-13-40(26)19-32(35,36)37)7-6-12-38-24-9-8-21(48(5,44)45)17-27(24)46-4/h8-10,13,15-17,23,38H,11-12,14,18-19H2,1-5H3,(H,39,42). The van der Waals surface area contributed by atoms with Gasteiger partial charge in [-0.1, -0.05) is 11.8 Å². The summed E-state index contributed by atoms with van der Waals surface area (Å²) >= 11 is 0. The van der Waals surface area contributed by atoms with Gasteiger partial charge in [-0.3, -0.25) is 4.79 Å². The van der Waals surface area contributed by atoms with Crippen molar-refractivity contribution in [3.05, 3.63) is 48.2 Å². The van der Waals surface area contributed by atoms with Crippen LogP contribution in [0.4, 0.5) is 38.1 Å². The molecular weight excluding hydrogens is 663 g/mol. The molecule has 260 valence electrons. The minimum absolute atomic E-state index is 0.000317. The topological polar surface area (TPSA) is 119 Å². The van der Waals surface area contributed by atoms with Gasteiger partial charge in [-0.25, -0.2) is 22.0 Å². The van der Waals surface area contributed by atoms with E-state index < -0.39 is 58.5 Å². The predicted molar refractivity (Wildman–Crippen MR) is 169 cm³/mol. The fraction of sp³-hybridized carbons (Fsp3) is 0.438. The first-order valence-electron chi connectivity index (χ1n) is 14.6. The molecule has 1 fully saturated rings. The molecule has 2 aromatic carbocycles. The molecule has 0 saturated carbocycles. The molecule has 2 N–H and O–H groups in total. The fourth-order valence-corrected chi connectivity index (χ4v) is 5.74. The van der Waals surface area contributed by atoms with Gasteiger partial charge in [0.25, 0.3) is 5.92 Å². The maximum atomic E-state index is 15.2. The lowest BCUT2D eigenvalue weighted by Crippen LogP contribution is -2.54. The molecule has 10 nitrogen and oxygen atoms in total. The number of ether oxygens (including phenoxy) is 2. The van der Waals surface area contributed by atoms with Crippen LogP contribution in [0.1, 0.15) is 32.8 Å². The van der Waals surface area contributed by atoms with E-state index in [1.807, 2.05) is 0 Å². The third-order valence-electron chi connectivity index (χ3n) is 7.26. The third kappa shape index (κ3) is 9.09. The van der Waals surface area contributed by atoms with Gasteiger partial charge in [-0.2, -0.15) is 13.2 Å². The highest BCUT2D eigenvalue weighted by molar-refractivity contribution is 7.90. The lowest BCUT2D eigenvalue weighted by atomic mass is 9.92. The molecular formula is C32H35F5N4O6S. The lowest BCUT2D eigenvalue weighted by Gasteiger charge is -2.38. The number of sulfone groups is 1. The molecule has 1 aliphatic rings. The summed E-state index contributed by atoms with van der Waals surface area (Å²) in [5.41, 5.74) is -0.240. The maximum absolute atomic E-state index is 15.2. The van der Waals surface area contributed by atoms with E-state index in [9.17, 15) is 31.2 Å². The summed E-state index contributed by atoms with van der Waals surface area (Å²) in [5, 5.41) is 5.62. The average Bonchev–Trinajstić information content (AvgIpc) is 3.34. The van der Waals surface area contributed by atoms with E-state index in [0.29, 0.717) is 5.69 Å². The molecule has 1 aromatic heterocycles. The number of fused-ring (bicyclic) bond motifs is 1. The number of rotatable bonds is 7. The van der Waals surface area contributed by atoms with E-state index in [4.69, 9.17) is 9.47 Å². The van der Waals surface area contributed by atoms with Crippen LogP contribution in [0.5, 0.6) is 5.75 Å². The Morgan fingerprint density at radius 2 is 1.79 bits per heavy atom. The van der Waals surface area contributed by atoms with Crippen LogP contribution in [0, 0.1) is 17.8 Å². The van der Waals surface area contributed by atoms with Crippen molar-refractivity contribution in [1.82, 2.24) is 9.47 Å². The van der Waals surface area contributed by atoms with Gasteiger partial charge >= 0.3 is 12.3 Å². The summed E-state index contributed by atoms with van der Waals surface area (Å²) in [6, 6.07) is 8.32. The number of benzene rings is 2. The molecule has 16 heteroatoms. The lowest BCUT2D eigenvalue weighted by molar-refractivity contribution is -0.145. The van der Waals surface area contributed by atoms with Crippen LogP contribution >= 0.6 is 0 Å². The second kappa shape index (κ2) is 13.5. The molecule has 2 amide bonds. The molecule has 4 rings (SSSR count). The number of hydrogen-bond acceptors (Lipinski definition) is 7. The number of aromatic nitrogens is 1. The number of nitrogens with zero attached hydrogens (tertiary/aromatic N) is 2. The van der Waals surface area contributed by atoms with Gasteiger partial charge in [-0.05, 0) is 57.5 Å². The Morgan fingerprint density at radius 1 is 1.08 bits per heavy atom. The zero-order valence-corrected chi connectivity index (χ0v) is 27.6. The summed E-state index contributed by atoms with van der Waals surface area (Å²) in [5.74, 6) is -0.656. The SMILES string of the molecule is COc1cc(S(C)(=O)=O)ccc1NCC#Cc1cc(NC(=O)C2CCN(C(=O)OC(C)(C)C)CC2(F)F)c2ccn(CC(F)(F)F)c2c1. The Hall–Kier alpha value is -4.52. The molecule has 0 radical (unpaired) electrons. The van der Waals surface area contributed by atoms with Gasteiger partial charge < -0.3 is 29.6 Å². The van der Waals surface area contributed by atoms with Crippen LogP contribution in [0.15, 0.2) is 47.5 Å². The largest absolute Gasteiger partial charge is 0.495 e. The summed E-state index contributed by atoms with van der Waals surface area (Å²) < 4.78 is 106. The van der Waals surface area contributed by atoms with Crippen molar-refractivity contribution in [3.8, 4) is 17.6 Å². The summed E-state index contributed by atoms with van der Waals surface area (Å²) in [4.78, 5) is 26.5. The van der Waals surface area contributed by atoms with Gasteiger partial charge in [0, 0.05) is 36.0 Å². The number of likely N-dealkylation sites (tertiary alicyclic amines) is 1. The van der Waals surface area contributed by atoms with Crippen molar-refractivity contribution in [1.29, 1.82) is 0 Å². The van der Waals surface area contributed by atoms with Crippen molar-refractivity contribution in [2.75, 3.05) is 43.6 Å². The van der Waals surface area contributed by atoms with E-state index in [1.54, 1.807) is 20.8 Å². The fourth-order valence-electron chi connectivity index (χ4n) is 5.10. The van der Waals surface area contributed by atoms with Gasteiger partial charge in [0.1, 0.15) is 23.8 Å². The summed E-state index contributed by atoms with van der Waals surface area (Å²) in [6.45, 7) is 2.24. The first kappa shape index (κ1) is 36.3. The van der Waals surface area contributed by atoms with E-state index in [1.165, 1.54) is 49.7 Å². The second-order valence-corrected chi connectivity index (χ2v) is 14.3. The predicted octanol–water partition coefficient (Wildman–Crippen LogP) is 5.91. The number of piperidine rings is 1. The van der Waals surface area contributed by atoms with Gasteiger partial charge in [0.2, 0.25) is 5.91 Å². The number of anilines is 2. The molecule has 0 aliphatic carbocycles. The quantitative estimate of drug-likeness (QED) is 0.233. The number of methoxy groups -OCH3 is 1. The van der Waals surface area contributed by atoms with Crippen LogP contribution in [0.2, 0.25) is 0 Å².